The summed E-state index contributed by atoms with van der Waals surface area (Å²) in [5.41, 5.74) is 5.30. The van der Waals surface area contributed by atoms with E-state index < -0.39 is 4.92 Å². The molecule has 0 spiro atoms. The van der Waals surface area contributed by atoms with Crippen LogP contribution >= 0.6 is 11.6 Å². The molecule has 32 heavy (non-hydrogen) atoms. The van der Waals surface area contributed by atoms with E-state index in [1.807, 2.05) is 32.0 Å². The van der Waals surface area contributed by atoms with Crippen LogP contribution in [-0.4, -0.2) is 15.8 Å². The highest BCUT2D eigenvalue weighted by atomic mass is 35.5. The van der Waals surface area contributed by atoms with Gasteiger partial charge in [-0.05, 0) is 73.0 Å². The molecule has 8 heteroatoms. The van der Waals surface area contributed by atoms with Crippen LogP contribution < -0.4 is 5.32 Å². The van der Waals surface area contributed by atoms with Gasteiger partial charge in [0.2, 0.25) is 11.8 Å². The SMILES string of the molecule is Cc1cc2nc(-c3cccc(NC(=O)/C=C/c4ccc(Cl)c([N+](=O)[O-])c4)c3)oc2cc1C. The van der Waals surface area contributed by atoms with Gasteiger partial charge in [0.1, 0.15) is 10.5 Å². The third-order valence-electron chi connectivity index (χ3n) is 4.98. The Morgan fingerprint density at radius 1 is 1.12 bits per heavy atom. The van der Waals surface area contributed by atoms with E-state index in [1.54, 1.807) is 24.3 Å². The average molecular weight is 448 g/mol. The number of benzene rings is 3. The Morgan fingerprint density at radius 3 is 2.69 bits per heavy atom. The molecule has 1 amide bonds. The lowest BCUT2D eigenvalue weighted by molar-refractivity contribution is -0.384. The Balaban J connectivity index is 1.52. The summed E-state index contributed by atoms with van der Waals surface area (Å²) in [6.07, 6.45) is 2.78. The highest BCUT2D eigenvalue weighted by Gasteiger charge is 2.12. The van der Waals surface area contributed by atoms with Crippen molar-refractivity contribution in [1.82, 2.24) is 4.98 Å². The number of nitrogens with one attached hydrogen (secondary N) is 1. The first-order chi connectivity index (χ1) is 15.3. The largest absolute Gasteiger partial charge is 0.436 e. The van der Waals surface area contributed by atoms with Crippen molar-refractivity contribution in [2.75, 3.05) is 5.32 Å². The van der Waals surface area contributed by atoms with Crippen molar-refractivity contribution in [3.63, 3.8) is 0 Å². The average Bonchev–Trinajstić information content (AvgIpc) is 3.16. The van der Waals surface area contributed by atoms with Gasteiger partial charge in [0.05, 0.1) is 4.92 Å². The number of anilines is 1. The first-order valence-corrected chi connectivity index (χ1v) is 10.1. The van der Waals surface area contributed by atoms with E-state index in [-0.39, 0.29) is 16.6 Å². The second-order valence-electron chi connectivity index (χ2n) is 7.29. The maximum absolute atomic E-state index is 12.3. The normalized spacial score (nSPS) is 11.2. The summed E-state index contributed by atoms with van der Waals surface area (Å²) in [6, 6.07) is 15.4. The van der Waals surface area contributed by atoms with E-state index in [1.165, 1.54) is 24.3 Å². The number of nitro groups is 1. The van der Waals surface area contributed by atoms with E-state index >= 15 is 0 Å². The van der Waals surface area contributed by atoms with E-state index in [0.29, 0.717) is 22.7 Å². The number of aromatic nitrogens is 1. The van der Waals surface area contributed by atoms with E-state index in [9.17, 15) is 14.9 Å². The van der Waals surface area contributed by atoms with Gasteiger partial charge in [-0.1, -0.05) is 23.7 Å². The first kappa shape index (κ1) is 21.3. The molecule has 1 N–H and O–H groups in total. The lowest BCUT2D eigenvalue weighted by Crippen LogP contribution is -2.07. The number of aryl methyl sites for hydroxylation is 2. The molecule has 4 aromatic rings. The van der Waals surface area contributed by atoms with Crippen molar-refractivity contribution in [3.05, 3.63) is 92.5 Å². The van der Waals surface area contributed by atoms with E-state index in [4.69, 9.17) is 16.0 Å². The minimum atomic E-state index is -0.569. The molecule has 0 atom stereocenters. The molecule has 0 aliphatic heterocycles. The molecule has 1 heterocycles. The van der Waals surface area contributed by atoms with Gasteiger partial charge in [0.15, 0.2) is 5.58 Å². The van der Waals surface area contributed by atoms with E-state index in [2.05, 4.69) is 10.3 Å². The molecule has 0 saturated heterocycles. The number of carbonyl (C=O) groups excluding carboxylic acids is 1. The minimum absolute atomic E-state index is 0.0398. The number of hydrogen-bond donors (Lipinski definition) is 1. The van der Waals surface area contributed by atoms with Crippen LogP contribution in [0.15, 0.2) is 65.1 Å². The zero-order chi connectivity index (χ0) is 22.8. The standard InChI is InChI=1S/C24H18ClN3O4/c1-14-10-20-22(11-15(14)2)32-24(27-20)17-4-3-5-18(13-17)26-23(29)9-7-16-6-8-19(25)21(12-16)28(30)31/h3-13H,1-2H3,(H,26,29)/b9-7+. The maximum atomic E-state index is 12.3. The molecule has 1 aromatic heterocycles. The minimum Gasteiger partial charge on any atom is -0.436 e. The van der Waals surface area contributed by atoms with Crippen molar-refractivity contribution >= 4 is 46.1 Å². The zero-order valence-corrected chi connectivity index (χ0v) is 18.0. The molecule has 4 rings (SSSR count). The lowest BCUT2D eigenvalue weighted by Gasteiger charge is -2.04. The monoisotopic (exact) mass is 447 g/mol. The van der Waals surface area contributed by atoms with Crippen LogP contribution in [0.1, 0.15) is 16.7 Å². The molecule has 0 bridgehead atoms. The molecule has 160 valence electrons. The predicted molar refractivity (Wildman–Crippen MR) is 125 cm³/mol. The van der Waals surface area contributed by atoms with Crippen LogP contribution in [0.25, 0.3) is 28.6 Å². The first-order valence-electron chi connectivity index (χ1n) is 9.71. The van der Waals surface area contributed by atoms with Crippen LogP contribution in [-0.2, 0) is 4.79 Å². The Hall–Kier alpha value is -3.97. The van der Waals surface area contributed by atoms with Crippen LogP contribution in [0.3, 0.4) is 0 Å². The lowest BCUT2D eigenvalue weighted by atomic mass is 10.1. The highest BCUT2D eigenvalue weighted by molar-refractivity contribution is 6.32. The second kappa shape index (κ2) is 8.64. The van der Waals surface area contributed by atoms with Crippen LogP contribution in [0, 0.1) is 24.0 Å². The number of hydrogen-bond acceptors (Lipinski definition) is 5. The molecule has 0 aliphatic rings. The number of carbonyl (C=O) groups is 1. The summed E-state index contributed by atoms with van der Waals surface area (Å²) in [5, 5.41) is 13.8. The van der Waals surface area contributed by atoms with Gasteiger partial charge in [-0.2, -0.15) is 0 Å². The van der Waals surface area contributed by atoms with Gasteiger partial charge in [-0.15, -0.1) is 0 Å². The molecular weight excluding hydrogens is 430 g/mol. The molecule has 0 saturated carbocycles. The van der Waals surface area contributed by atoms with Crippen LogP contribution in [0.5, 0.6) is 0 Å². The molecule has 0 unspecified atom stereocenters. The van der Waals surface area contributed by atoms with Gasteiger partial charge in [-0.3, -0.25) is 14.9 Å². The van der Waals surface area contributed by atoms with E-state index in [0.717, 1.165) is 22.2 Å². The Kier molecular flexibility index (Phi) is 5.75. The van der Waals surface area contributed by atoms with Crippen molar-refractivity contribution in [1.29, 1.82) is 0 Å². The smallest absolute Gasteiger partial charge is 0.288 e. The van der Waals surface area contributed by atoms with Gasteiger partial charge in [-0.25, -0.2) is 4.98 Å². The van der Waals surface area contributed by atoms with Gasteiger partial charge in [0, 0.05) is 23.4 Å². The van der Waals surface area contributed by atoms with Crippen LogP contribution in [0.4, 0.5) is 11.4 Å². The van der Waals surface area contributed by atoms with Gasteiger partial charge >= 0.3 is 0 Å². The Morgan fingerprint density at radius 2 is 1.91 bits per heavy atom. The molecule has 0 fully saturated rings. The Labute approximate surface area is 188 Å². The van der Waals surface area contributed by atoms with Crippen molar-refractivity contribution in [3.8, 4) is 11.5 Å². The maximum Gasteiger partial charge on any atom is 0.288 e. The fourth-order valence-corrected chi connectivity index (χ4v) is 3.35. The third kappa shape index (κ3) is 4.53. The van der Waals surface area contributed by atoms with Crippen molar-refractivity contribution in [2.24, 2.45) is 0 Å². The summed E-state index contributed by atoms with van der Waals surface area (Å²) in [6.45, 7) is 4.04. The number of oxazole rings is 1. The molecule has 3 aromatic carbocycles. The fourth-order valence-electron chi connectivity index (χ4n) is 3.16. The molecular formula is C24H18ClN3O4. The summed E-state index contributed by atoms with van der Waals surface area (Å²) >= 11 is 5.81. The fraction of sp³-hybridized carbons (Fsp3) is 0.0833. The van der Waals surface area contributed by atoms with Crippen molar-refractivity contribution < 1.29 is 14.1 Å². The molecule has 0 radical (unpaired) electrons. The number of halogens is 1. The number of amides is 1. The zero-order valence-electron chi connectivity index (χ0n) is 17.3. The summed E-state index contributed by atoms with van der Waals surface area (Å²) in [7, 11) is 0. The predicted octanol–water partition coefficient (Wildman–Crippen LogP) is 6.33. The topological polar surface area (TPSA) is 98.3 Å². The quantitative estimate of drug-likeness (QED) is 0.219. The number of rotatable bonds is 5. The number of nitro benzene ring substituents is 1. The van der Waals surface area contributed by atoms with Gasteiger partial charge < -0.3 is 9.73 Å². The summed E-state index contributed by atoms with van der Waals surface area (Å²) in [4.78, 5) is 27.3. The highest BCUT2D eigenvalue weighted by Crippen LogP contribution is 2.28. The summed E-state index contributed by atoms with van der Waals surface area (Å²) < 4.78 is 5.89. The third-order valence-corrected chi connectivity index (χ3v) is 5.29. The van der Waals surface area contributed by atoms with Crippen LogP contribution in [0.2, 0.25) is 5.02 Å². The summed E-state index contributed by atoms with van der Waals surface area (Å²) in [5.74, 6) is 0.0775. The number of fused-ring (bicyclic) bond motifs is 1. The molecule has 0 aliphatic carbocycles. The number of nitrogens with zero attached hydrogens (tertiary/aromatic N) is 2. The Bertz CT molecular complexity index is 1350. The van der Waals surface area contributed by atoms with Gasteiger partial charge in [0.25, 0.3) is 5.69 Å². The molecule has 7 nitrogen and oxygen atoms in total. The second-order valence-corrected chi connectivity index (χ2v) is 7.70. The van der Waals surface area contributed by atoms with Crippen molar-refractivity contribution in [2.45, 2.75) is 13.8 Å².